The van der Waals surface area contributed by atoms with E-state index >= 15 is 0 Å². The topological polar surface area (TPSA) is 9.23 Å². The minimum absolute atomic E-state index is 0.579. The van der Waals surface area contributed by atoms with E-state index in [9.17, 15) is 13.2 Å². The second-order valence-electron chi connectivity index (χ2n) is 8.69. The van der Waals surface area contributed by atoms with Crippen LogP contribution < -0.4 is 0 Å². The highest BCUT2D eigenvalue weighted by atomic mass is 19.4. The molecule has 3 aliphatic rings. The average molecular weight is 358 g/mol. The summed E-state index contributed by atoms with van der Waals surface area (Å²) in [5.41, 5.74) is 0. The minimum atomic E-state index is -4.47. The lowest BCUT2D eigenvalue weighted by Crippen LogP contribution is -2.32. The molecule has 0 spiro atoms. The molecule has 0 aromatic heterocycles. The summed E-state index contributed by atoms with van der Waals surface area (Å²) in [5.74, 6) is 3.92. The van der Waals surface area contributed by atoms with Crippen molar-refractivity contribution in [3.05, 3.63) is 12.7 Å². The van der Waals surface area contributed by atoms with E-state index < -0.39 is 12.5 Å². The van der Waals surface area contributed by atoms with Gasteiger partial charge in [0.1, 0.15) is 0 Å². The van der Waals surface area contributed by atoms with Crippen molar-refractivity contribution in [3.8, 4) is 0 Å². The predicted octanol–water partition coefficient (Wildman–Crippen LogP) is 6.88. The van der Waals surface area contributed by atoms with Crippen LogP contribution in [0.4, 0.5) is 13.2 Å². The zero-order chi connectivity index (χ0) is 17.9. The molecule has 3 rings (SSSR count). The molecule has 1 nitrogen and oxygen atoms in total. The van der Waals surface area contributed by atoms with E-state index in [0.29, 0.717) is 18.8 Å². The maximum atomic E-state index is 12.3. The largest absolute Gasteiger partial charge is 0.522 e. The van der Waals surface area contributed by atoms with Crippen molar-refractivity contribution < 1.29 is 17.9 Å². The van der Waals surface area contributed by atoms with E-state index in [2.05, 4.69) is 17.4 Å². The number of ether oxygens (including phenoxy) is 1. The minimum Gasteiger partial charge on any atom is -0.289 e. The Morgan fingerprint density at radius 2 is 1.00 bits per heavy atom. The Labute approximate surface area is 150 Å². The third-order valence-corrected chi connectivity index (χ3v) is 7.32. The Kier molecular flexibility index (Phi) is 6.51. The summed E-state index contributed by atoms with van der Waals surface area (Å²) in [4.78, 5) is 0. The molecule has 3 fully saturated rings. The van der Waals surface area contributed by atoms with Crippen LogP contribution in [0.25, 0.3) is 0 Å². The second kappa shape index (κ2) is 8.45. The Balaban J connectivity index is 1.38. The van der Waals surface area contributed by atoms with Crippen LogP contribution in [0.2, 0.25) is 0 Å². The van der Waals surface area contributed by atoms with Crippen molar-refractivity contribution in [2.45, 2.75) is 89.5 Å². The van der Waals surface area contributed by atoms with Crippen molar-refractivity contribution in [1.29, 1.82) is 0 Å². The van der Waals surface area contributed by atoms with E-state index in [4.69, 9.17) is 0 Å². The van der Waals surface area contributed by atoms with Crippen LogP contribution in [-0.2, 0) is 4.74 Å². The summed E-state index contributed by atoms with van der Waals surface area (Å²) in [6.45, 7) is 3.94. The molecule has 3 saturated carbocycles. The summed E-state index contributed by atoms with van der Waals surface area (Å²) in [7, 11) is 0. The molecule has 0 heterocycles. The maximum Gasteiger partial charge on any atom is 0.522 e. The van der Waals surface area contributed by atoms with Gasteiger partial charge in [-0.25, -0.2) is 0 Å². The Bertz CT molecular complexity index is 409. The summed E-state index contributed by atoms with van der Waals surface area (Å²) in [6, 6.07) is 0. The smallest absolute Gasteiger partial charge is 0.289 e. The fourth-order valence-corrected chi connectivity index (χ4v) is 5.81. The van der Waals surface area contributed by atoms with Gasteiger partial charge < -0.3 is 0 Å². The van der Waals surface area contributed by atoms with Crippen molar-refractivity contribution in [1.82, 2.24) is 0 Å². The van der Waals surface area contributed by atoms with Crippen LogP contribution in [0.5, 0.6) is 0 Å². The van der Waals surface area contributed by atoms with E-state index in [1.54, 1.807) is 0 Å². The maximum absolute atomic E-state index is 12.3. The van der Waals surface area contributed by atoms with Crippen LogP contribution in [0, 0.1) is 29.6 Å². The van der Waals surface area contributed by atoms with Gasteiger partial charge >= 0.3 is 6.36 Å². The Morgan fingerprint density at radius 1 is 0.640 bits per heavy atom. The predicted molar refractivity (Wildman–Crippen MR) is 94.0 cm³/mol. The lowest BCUT2D eigenvalue weighted by Gasteiger charge is -2.41. The first-order valence-corrected chi connectivity index (χ1v) is 10.3. The first-order valence-electron chi connectivity index (χ1n) is 10.3. The number of halogens is 3. The highest BCUT2D eigenvalue weighted by Crippen LogP contribution is 2.45. The fourth-order valence-electron chi connectivity index (χ4n) is 5.81. The van der Waals surface area contributed by atoms with Gasteiger partial charge in [0.25, 0.3) is 0 Å². The lowest BCUT2D eigenvalue weighted by atomic mass is 9.65. The molecule has 0 unspecified atom stereocenters. The molecule has 25 heavy (non-hydrogen) atoms. The molecule has 3 aliphatic carbocycles. The van der Waals surface area contributed by atoms with Crippen molar-refractivity contribution in [2.24, 2.45) is 29.6 Å². The van der Waals surface area contributed by atoms with E-state index in [-0.39, 0.29) is 0 Å². The Morgan fingerprint density at radius 3 is 1.36 bits per heavy atom. The molecule has 0 aromatic carbocycles. The number of alkyl halides is 3. The number of hydrogen-bond acceptors (Lipinski definition) is 1. The molecule has 0 bridgehead atoms. The van der Waals surface area contributed by atoms with Crippen LogP contribution in [0.15, 0.2) is 12.7 Å². The molecular formula is C21H33F3O. The van der Waals surface area contributed by atoms with Gasteiger partial charge in [-0.3, -0.25) is 4.74 Å². The van der Waals surface area contributed by atoms with Gasteiger partial charge in [0.2, 0.25) is 0 Å². The van der Waals surface area contributed by atoms with Crippen molar-refractivity contribution in [3.63, 3.8) is 0 Å². The van der Waals surface area contributed by atoms with Crippen LogP contribution >= 0.6 is 0 Å². The van der Waals surface area contributed by atoms with Crippen LogP contribution in [0.1, 0.15) is 77.0 Å². The average Bonchev–Trinajstić information content (AvgIpc) is 2.61. The quantitative estimate of drug-likeness (QED) is 0.498. The van der Waals surface area contributed by atoms with Crippen LogP contribution in [0.3, 0.4) is 0 Å². The summed E-state index contributed by atoms with van der Waals surface area (Å²) >= 11 is 0. The third-order valence-electron chi connectivity index (χ3n) is 7.32. The van der Waals surface area contributed by atoms with E-state index in [1.165, 1.54) is 51.4 Å². The number of hydrogen-bond donors (Lipinski definition) is 0. The SMILES string of the molecule is C=CC1CCC(C2CCC(C3CCC(OC(F)(F)F)CC3)CC2)CC1. The molecule has 0 aromatic rings. The molecule has 0 saturated heterocycles. The molecule has 0 N–H and O–H groups in total. The highest BCUT2D eigenvalue weighted by Gasteiger charge is 2.38. The van der Waals surface area contributed by atoms with Crippen LogP contribution in [-0.4, -0.2) is 12.5 Å². The Hall–Kier alpha value is -0.510. The molecule has 0 radical (unpaired) electrons. The van der Waals surface area contributed by atoms with Gasteiger partial charge in [-0.05, 0) is 107 Å². The third kappa shape index (κ3) is 5.48. The number of allylic oxidation sites excluding steroid dienone is 1. The normalized spacial score (nSPS) is 40.6. The monoisotopic (exact) mass is 358 g/mol. The van der Waals surface area contributed by atoms with E-state index in [1.807, 2.05) is 0 Å². The van der Waals surface area contributed by atoms with Gasteiger partial charge in [-0.2, -0.15) is 0 Å². The number of rotatable bonds is 4. The molecular weight excluding hydrogens is 325 g/mol. The first kappa shape index (κ1) is 19.3. The zero-order valence-electron chi connectivity index (χ0n) is 15.3. The summed E-state index contributed by atoms with van der Waals surface area (Å²) in [6.07, 6.45) is 10.7. The van der Waals surface area contributed by atoms with Gasteiger partial charge in [-0.1, -0.05) is 6.08 Å². The van der Waals surface area contributed by atoms with Gasteiger partial charge in [0.05, 0.1) is 6.10 Å². The molecule has 0 amide bonds. The lowest BCUT2D eigenvalue weighted by molar-refractivity contribution is -0.346. The summed E-state index contributed by atoms with van der Waals surface area (Å²) in [5, 5.41) is 0. The van der Waals surface area contributed by atoms with Crippen molar-refractivity contribution in [2.75, 3.05) is 0 Å². The van der Waals surface area contributed by atoms with Gasteiger partial charge in [0.15, 0.2) is 0 Å². The second-order valence-corrected chi connectivity index (χ2v) is 8.69. The van der Waals surface area contributed by atoms with Gasteiger partial charge in [-0.15, -0.1) is 19.8 Å². The highest BCUT2D eigenvalue weighted by molar-refractivity contribution is 4.89. The fraction of sp³-hybridized carbons (Fsp3) is 0.905. The standard InChI is InChI=1S/C21H33F3O/c1-2-15-3-5-16(6-4-15)17-7-9-18(10-8-17)19-11-13-20(14-12-19)25-21(22,23)24/h2,15-20H,1,3-14H2. The molecule has 4 heteroatoms. The zero-order valence-corrected chi connectivity index (χ0v) is 15.3. The van der Waals surface area contributed by atoms with Gasteiger partial charge in [0, 0.05) is 0 Å². The van der Waals surface area contributed by atoms with Crippen molar-refractivity contribution >= 4 is 0 Å². The molecule has 0 aliphatic heterocycles. The summed E-state index contributed by atoms with van der Waals surface area (Å²) < 4.78 is 41.2. The van der Waals surface area contributed by atoms with E-state index in [0.717, 1.165) is 36.5 Å². The molecule has 144 valence electrons. The first-order chi connectivity index (χ1) is 11.9. The molecule has 0 atom stereocenters.